The van der Waals surface area contributed by atoms with Crippen molar-refractivity contribution in [1.82, 2.24) is 5.32 Å². The van der Waals surface area contributed by atoms with Gasteiger partial charge in [0.2, 0.25) is 0 Å². The molecule has 1 unspecified atom stereocenters. The number of benzene rings is 1. The van der Waals surface area contributed by atoms with Gasteiger partial charge in [0.15, 0.2) is 0 Å². The number of amides is 1. The third-order valence-electron chi connectivity index (χ3n) is 2.82. The first-order valence-electron chi connectivity index (χ1n) is 6.82. The van der Waals surface area contributed by atoms with Crippen LogP contribution < -0.4 is 10.1 Å². The minimum atomic E-state index is -0.919. The smallest absolute Gasteiger partial charge is 0.305 e. The molecule has 1 rings (SSSR count). The molecule has 0 aliphatic rings. The van der Waals surface area contributed by atoms with E-state index in [4.69, 9.17) is 9.84 Å². The number of aliphatic carboxylic acids is 1. The quantitative estimate of drug-likeness (QED) is 0.766. The van der Waals surface area contributed by atoms with E-state index in [1.165, 1.54) is 0 Å². The highest BCUT2D eigenvalue weighted by atomic mass is 16.5. The Morgan fingerprint density at radius 3 is 2.70 bits per heavy atom. The van der Waals surface area contributed by atoms with Crippen molar-refractivity contribution in [3.63, 3.8) is 0 Å². The van der Waals surface area contributed by atoms with Gasteiger partial charge in [-0.05, 0) is 31.0 Å². The lowest BCUT2D eigenvalue weighted by Crippen LogP contribution is -2.36. The van der Waals surface area contributed by atoms with Crippen molar-refractivity contribution in [1.29, 1.82) is 0 Å². The molecule has 0 radical (unpaired) electrons. The Morgan fingerprint density at radius 1 is 1.35 bits per heavy atom. The van der Waals surface area contributed by atoms with Crippen LogP contribution in [-0.2, 0) is 4.79 Å². The summed E-state index contributed by atoms with van der Waals surface area (Å²) in [5.74, 6) is -0.553. The lowest BCUT2D eigenvalue weighted by Gasteiger charge is -2.15. The fourth-order valence-electron chi connectivity index (χ4n) is 1.72. The van der Waals surface area contributed by atoms with Gasteiger partial charge >= 0.3 is 5.97 Å². The van der Waals surface area contributed by atoms with E-state index < -0.39 is 5.97 Å². The van der Waals surface area contributed by atoms with E-state index >= 15 is 0 Å². The van der Waals surface area contributed by atoms with E-state index in [0.717, 1.165) is 6.42 Å². The number of carbonyl (C=O) groups excluding carboxylic acids is 1. The SMILES string of the molecule is CCCOc1cccc(C(=O)NC(CC)CC(=O)O)c1. The van der Waals surface area contributed by atoms with Crippen molar-refractivity contribution >= 4 is 11.9 Å². The maximum absolute atomic E-state index is 12.1. The summed E-state index contributed by atoms with van der Waals surface area (Å²) in [4.78, 5) is 22.7. The van der Waals surface area contributed by atoms with Crippen LogP contribution in [0.15, 0.2) is 24.3 Å². The fourth-order valence-corrected chi connectivity index (χ4v) is 1.72. The summed E-state index contributed by atoms with van der Waals surface area (Å²) >= 11 is 0. The van der Waals surface area contributed by atoms with E-state index in [1.807, 2.05) is 13.8 Å². The van der Waals surface area contributed by atoms with Crippen molar-refractivity contribution in [2.45, 2.75) is 39.2 Å². The van der Waals surface area contributed by atoms with E-state index in [9.17, 15) is 9.59 Å². The topological polar surface area (TPSA) is 75.6 Å². The summed E-state index contributed by atoms with van der Waals surface area (Å²) in [6.07, 6.45) is 1.39. The van der Waals surface area contributed by atoms with Crippen molar-refractivity contribution in [2.24, 2.45) is 0 Å². The zero-order valence-corrected chi connectivity index (χ0v) is 11.9. The number of hydrogen-bond donors (Lipinski definition) is 2. The van der Waals surface area contributed by atoms with Crippen LogP contribution in [0.25, 0.3) is 0 Å². The van der Waals surface area contributed by atoms with Gasteiger partial charge in [0.25, 0.3) is 5.91 Å². The Bertz CT molecular complexity index is 459. The summed E-state index contributed by atoms with van der Waals surface area (Å²) < 4.78 is 5.47. The highest BCUT2D eigenvalue weighted by Crippen LogP contribution is 2.14. The lowest BCUT2D eigenvalue weighted by atomic mass is 10.1. The predicted octanol–water partition coefficient (Wildman–Crippen LogP) is 2.46. The number of carbonyl (C=O) groups is 2. The summed E-state index contributed by atoms with van der Waals surface area (Å²) in [5.41, 5.74) is 0.474. The number of ether oxygens (including phenoxy) is 1. The van der Waals surface area contributed by atoms with Gasteiger partial charge in [-0.1, -0.05) is 19.9 Å². The zero-order chi connectivity index (χ0) is 15.0. The van der Waals surface area contributed by atoms with Crippen LogP contribution in [0.5, 0.6) is 5.75 Å². The predicted molar refractivity (Wildman–Crippen MR) is 76.0 cm³/mol. The Labute approximate surface area is 118 Å². The van der Waals surface area contributed by atoms with Gasteiger partial charge in [-0.15, -0.1) is 0 Å². The second kappa shape index (κ2) is 8.19. The molecule has 0 saturated carbocycles. The van der Waals surface area contributed by atoms with Gasteiger partial charge in [0.05, 0.1) is 13.0 Å². The number of rotatable bonds is 8. The van der Waals surface area contributed by atoms with Crippen molar-refractivity contribution in [3.05, 3.63) is 29.8 Å². The molecule has 0 spiro atoms. The summed E-state index contributed by atoms with van der Waals surface area (Å²) in [6, 6.07) is 6.53. The molecule has 0 fully saturated rings. The maximum Gasteiger partial charge on any atom is 0.305 e. The Kier molecular flexibility index (Phi) is 6.56. The molecule has 1 atom stereocenters. The molecule has 5 heteroatoms. The van der Waals surface area contributed by atoms with Crippen LogP contribution >= 0.6 is 0 Å². The molecule has 0 saturated heterocycles. The zero-order valence-electron chi connectivity index (χ0n) is 11.9. The molecular weight excluding hydrogens is 258 g/mol. The third-order valence-corrected chi connectivity index (χ3v) is 2.82. The van der Waals surface area contributed by atoms with Gasteiger partial charge in [0, 0.05) is 11.6 Å². The van der Waals surface area contributed by atoms with Crippen molar-refractivity contribution < 1.29 is 19.4 Å². The van der Waals surface area contributed by atoms with Crippen molar-refractivity contribution in [3.8, 4) is 5.75 Å². The second-order valence-electron chi connectivity index (χ2n) is 4.55. The van der Waals surface area contributed by atoms with Gasteiger partial charge in [0.1, 0.15) is 5.75 Å². The van der Waals surface area contributed by atoms with E-state index in [1.54, 1.807) is 24.3 Å². The molecule has 1 aromatic rings. The number of hydrogen-bond acceptors (Lipinski definition) is 3. The first-order chi connectivity index (χ1) is 9.56. The average molecular weight is 279 g/mol. The van der Waals surface area contributed by atoms with E-state index in [0.29, 0.717) is 24.3 Å². The summed E-state index contributed by atoms with van der Waals surface area (Å²) in [7, 11) is 0. The normalized spacial score (nSPS) is 11.7. The molecule has 0 aliphatic heterocycles. The molecule has 110 valence electrons. The van der Waals surface area contributed by atoms with Crippen LogP contribution in [-0.4, -0.2) is 29.6 Å². The molecule has 0 aromatic heterocycles. The van der Waals surface area contributed by atoms with E-state index in [2.05, 4.69) is 5.32 Å². The number of nitrogens with one attached hydrogen (secondary N) is 1. The largest absolute Gasteiger partial charge is 0.494 e. The summed E-state index contributed by atoms with van der Waals surface area (Å²) in [5, 5.41) is 11.5. The monoisotopic (exact) mass is 279 g/mol. The molecule has 0 aliphatic carbocycles. The van der Waals surface area contributed by atoms with Gasteiger partial charge in [-0.25, -0.2) is 0 Å². The lowest BCUT2D eigenvalue weighted by molar-refractivity contribution is -0.137. The Hall–Kier alpha value is -2.04. The van der Waals surface area contributed by atoms with Gasteiger partial charge in [-0.3, -0.25) is 9.59 Å². The first-order valence-corrected chi connectivity index (χ1v) is 6.82. The standard InChI is InChI=1S/C15H21NO4/c1-3-8-20-13-7-5-6-11(9-13)15(19)16-12(4-2)10-14(17)18/h5-7,9,12H,3-4,8,10H2,1-2H3,(H,16,19)(H,17,18). The average Bonchev–Trinajstić information content (AvgIpc) is 2.44. The minimum Gasteiger partial charge on any atom is -0.494 e. The van der Waals surface area contributed by atoms with Crippen LogP contribution in [0.1, 0.15) is 43.5 Å². The van der Waals surface area contributed by atoms with Crippen LogP contribution in [0.3, 0.4) is 0 Å². The van der Waals surface area contributed by atoms with Crippen LogP contribution in [0.2, 0.25) is 0 Å². The third kappa shape index (κ3) is 5.30. The number of carboxylic acids is 1. The van der Waals surface area contributed by atoms with E-state index in [-0.39, 0.29) is 18.4 Å². The van der Waals surface area contributed by atoms with Crippen LogP contribution in [0, 0.1) is 0 Å². The summed E-state index contributed by atoms with van der Waals surface area (Å²) in [6.45, 7) is 4.45. The second-order valence-corrected chi connectivity index (χ2v) is 4.55. The molecule has 20 heavy (non-hydrogen) atoms. The fraction of sp³-hybridized carbons (Fsp3) is 0.467. The van der Waals surface area contributed by atoms with Gasteiger partial charge < -0.3 is 15.2 Å². The molecule has 0 bridgehead atoms. The Morgan fingerprint density at radius 2 is 2.10 bits per heavy atom. The maximum atomic E-state index is 12.1. The molecular formula is C15H21NO4. The molecule has 1 amide bonds. The first kappa shape index (κ1) is 16.0. The highest BCUT2D eigenvalue weighted by molar-refractivity contribution is 5.95. The van der Waals surface area contributed by atoms with Gasteiger partial charge in [-0.2, -0.15) is 0 Å². The number of carboxylic acid groups (broad SMARTS) is 1. The molecule has 2 N–H and O–H groups in total. The van der Waals surface area contributed by atoms with Crippen LogP contribution in [0.4, 0.5) is 0 Å². The highest BCUT2D eigenvalue weighted by Gasteiger charge is 2.15. The molecule has 0 heterocycles. The minimum absolute atomic E-state index is 0.0751. The molecule has 5 nitrogen and oxygen atoms in total. The Balaban J connectivity index is 2.68. The molecule has 1 aromatic carbocycles. The van der Waals surface area contributed by atoms with Crippen molar-refractivity contribution in [2.75, 3.05) is 6.61 Å².